The van der Waals surface area contributed by atoms with E-state index in [0.717, 1.165) is 0 Å². The number of imidazole rings is 1. The highest BCUT2D eigenvalue weighted by Crippen LogP contribution is 2.38. The van der Waals surface area contributed by atoms with Gasteiger partial charge in [0.2, 0.25) is 0 Å². The third-order valence-electron chi connectivity index (χ3n) is 3.96. The van der Waals surface area contributed by atoms with Crippen molar-refractivity contribution in [1.82, 2.24) is 9.55 Å². The first-order chi connectivity index (χ1) is 10.5. The monoisotopic (exact) mass is 309 g/mol. The summed E-state index contributed by atoms with van der Waals surface area (Å²) >= 11 is 0. The van der Waals surface area contributed by atoms with Crippen molar-refractivity contribution in [2.75, 3.05) is 19.0 Å². The first-order valence-corrected chi connectivity index (χ1v) is 7.03. The van der Waals surface area contributed by atoms with Crippen LogP contribution in [0.5, 0.6) is 0 Å². The minimum absolute atomic E-state index is 0.249. The Morgan fingerprint density at radius 3 is 3.14 bits per heavy atom. The fourth-order valence-electron chi connectivity index (χ4n) is 2.88. The topological polar surface area (TPSA) is 124 Å². The van der Waals surface area contributed by atoms with Crippen LogP contribution >= 0.6 is 0 Å². The summed E-state index contributed by atoms with van der Waals surface area (Å²) in [5, 5.41) is 12.5. The van der Waals surface area contributed by atoms with Crippen LogP contribution in [0.3, 0.4) is 0 Å². The Bertz CT molecular complexity index is 614. The Hall–Kier alpha value is -1.97. The molecule has 0 radical (unpaired) electrons. The van der Waals surface area contributed by atoms with E-state index in [1.54, 1.807) is 10.9 Å². The van der Waals surface area contributed by atoms with E-state index in [0.29, 0.717) is 23.8 Å². The largest absolute Gasteiger partial charge is 0.469 e. The number of carbonyl (C=O) groups excluding carboxylic acids is 1. The molecule has 3 rings (SSSR count). The molecule has 4 atom stereocenters. The molecule has 0 aliphatic carbocycles. The van der Waals surface area contributed by atoms with Crippen molar-refractivity contribution in [2.45, 2.75) is 31.8 Å². The number of aliphatic hydroxyl groups is 1. The summed E-state index contributed by atoms with van der Waals surface area (Å²) in [6, 6.07) is 0. The predicted molar refractivity (Wildman–Crippen MR) is 77.0 cm³/mol. The Morgan fingerprint density at radius 2 is 2.45 bits per heavy atom. The van der Waals surface area contributed by atoms with Crippen molar-refractivity contribution >= 4 is 17.6 Å². The molecule has 9 nitrogen and oxygen atoms in total. The van der Waals surface area contributed by atoms with Crippen LogP contribution in [0.2, 0.25) is 0 Å². The lowest BCUT2D eigenvalue weighted by Crippen LogP contribution is -2.28. The van der Waals surface area contributed by atoms with Gasteiger partial charge in [-0.15, -0.1) is 0 Å². The Kier molecular flexibility index (Phi) is 3.85. The minimum atomic E-state index is -0.595. The number of anilines is 1. The Labute approximate surface area is 127 Å². The highest BCUT2D eigenvalue weighted by molar-refractivity contribution is 5.95. The number of hydrogen-bond donors (Lipinski definition) is 3. The van der Waals surface area contributed by atoms with Crippen LogP contribution in [0.4, 0.5) is 5.82 Å². The molecule has 0 amide bonds. The number of nitrogens with zero attached hydrogens (tertiary/aromatic N) is 3. The zero-order chi connectivity index (χ0) is 15.9. The van der Waals surface area contributed by atoms with Crippen molar-refractivity contribution in [1.29, 1.82) is 0 Å². The SMILES string of the molecule is COC(=O)[C@H]1C[C@H](n2cnc3c2NC(C)=NC3N)O[C@@H]1CO. The molecule has 1 fully saturated rings. The smallest absolute Gasteiger partial charge is 0.311 e. The van der Waals surface area contributed by atoms with Crippen molar-refractivity contribution in [3.8, 4) is 0 Å². The molecule has 22 heavy (non-hydrogen) atoms. The molecule has 1 unspecified atom stereocenters. The van der Waals surface area contributed by atoms with Crippen LogP contribution in [-0.2, 0) is 14.3 Å². The molecular weight excluding hydrogens is 290 g/mol. The molecule has 0 saturated carbocycles. The predicted octanol–water partition coefficient (Wildman–Crippen LogP) is -0.247. The number of esters is 1. The number of ether oxygens (including phenoxy) is 2. The van der Waals surface area contributed by atoms with E-state index in [2.05, 4.69) is 15.3 Å². The van der Waals surface area contributed by atoms with Crippen molar-refractivity contribution in [2.24, 2.45) is 16.6 Å². The number of nitrogens with two attached hydrogens (primary N) is 1. The van der Waals surface area contributed by atoms with Crippen LogP contribution in [0.25, 0.3) is 0 Å². The molecule has 0 spiro atoms. The molecule has 1 aromatic rings. The van der Waals surface area contributed by atoms with Crippen molar-refractivity contribution in [3.05, 3.63) is 12.0 Å². The van der Waals surface area contributed by atoms with Crippen LogP contribution in [-0.4, -0.2) is 46.3 Å². The van der Waals surface area contributed by atoms with Crippen LogP contribution in [0.15, 0.2) is 11.3 Å². The molecule has 1 saturated heterocycles. The number of aromatic nitrogens is 2. The molecule has 4 N–H and O–H groups in total. The number of fused-ring (bicyclic) bond motifs is 1. The summed E-state index contributed by atoms with van der Waals surface area (Å²) in [5.41, 5.74) is 6.56. The zero-order valence-corrected chi connectivity index (χ0v) is 12.4. The average Bonchev–Trinajstić information content (AvgIpc) is 3.09. The quantitative estimate of drug-likeness (QED) is 0.658. The van der Waals surface area contributed by atoms with Gasteiger partial charge in [-0.1, -0.05) is 0 Å². The lowest BCUT2D eigenvalue weighted by Gasteiger charge is -2.21. The lowest BCUT2D eigenvalue weighted by atomic mass is 10.0. The van der Waals surface area contributed by atoms with Gasteiger partial charge >= 0.3 is 5.97 Å². The van der Waals surface area contributed by atoms with Crippen molar-refractivity contribution < 1.29 is 19.4 Å². The standard InChI is InChI=1S/C13H19N5O4/c1-6-16-11(14)10-12(17-6)18(5-15-10)9-3-7(13(20)21-2)8(4-19)22-9/h5,7-9,11,19H,3-4,14H2,1-2H3,(H,16,17)/t7-,8+,9+,11?/m0/s1. The fourth-order valence-corrected chi connectivity index (χ4v) is 2.88. The zero-order valence-electron chi connectivity index (χ0n) is 12.4. The number of rotatable bonds is 3. The van der Waals surface area contributed by atoms with Gasteiger partial charge in [-0.25, -0.2) is 9.98 Å². The average molecular weight is 309 g/mol. The Morgan fingerprint density at radius 1 is 1.68 bits per heavy atom. The second-order valence-electron chi connectivity index (χ2n) is 5.35. The molecule has 2 aliphatic heterocycles. The summed E-state index contributed by atoms with van der Waals surface area (Å²) in [4.78, 5) is 20.3. The van der Waals surface area contributed by atoms with E-state index >= 15 is 0 Å². The maximum atomic E-state index is 11.8. The molecule has 2 aliphatic rings. The summed E-state index contributed by atoms with van der Waals surface area (Å²) in [6.07, 6.45) is 0.452. The highest BCUT2D eigenvalue weighted by atomic mass is 16.5. The number of carbonyl (C=O) groups is 1. The molecule has 1 aromatic heterocycles. The number of hydrogen-bond acceptors (Lipinski definition) is 8. The van der Waals surface area contributed by atoms with Crippen LogP contribution in [0.1, 0.15) is 31.4 Å². The lowest BCUT2D eigenvalue weighted by molar-refractivity contribution is -0.148. The first kappa shape index (κ1) is 14.9. The van der Waals surface area contributed by atoms with Gasteiger partial charge in [-0.3, -0.25) is 9.36 Å². The van der Waals surface area contributed by atoms with Gasteiger partial charge in [0.1, 0.15) is 29.7 Å². The maximum absolute atomic E-state index is 11.8. The van der Waals surface area contributed by atoms with E-state index < -0.39 is 30.4 Å². The van der Waals surface area contributed by atoms with Gasteiger partial charge in [0.15, 0.2) is 0 Å². The van der Waals surface area contributed by atoms with Gasteiger partial charge in [-0.2, -0.15) is 0 Å². The third kappa shape index (κ3) is 2.36. The number of aliphatic hydroxyl groups excluding tert-OH is 1. The Balaban J connectivity index is 1.87. The summed E-state index contributed by atoms with van der Waals surface area (Å²) in [5.74, 6) is 0.484. The van der Waals surface area contributed by atoms with Crippen molar-refractivity contribution in [3.63, 3.8) is 0 Å². The summed E-state index contributed by atoms with van der Waals surface area (Å²) in [6.45, 7) is 1.56. The van der Waals surface area contributed by atoms with E-state index in [9.17, 15) is 9.90 Å². The van der Waals surface area contributed by atoms with Crippen LogP contribution in [0, 0.1) is 5.92 Å². The number of amidine groups is 1. The summed E-state index contributed by atoms with van der Waals surface area (Å²) in [7, 11) is 1.32. The minimum Gasteiger partial charge on any atom is -0.469 e. The maximum Gasteiger partial charge on any atom is 0.311 e. The second kappa shape index (κ2) is 5.67. The van der Waals surface area contributed by atoms with Gasteiger partial charge < -0.3 is 25.6 Å². The van der Waals surface area contributed by atoms with E-state index in [1.165, 1.54) is 7.11 Å². The van der Waals surface area contributed by atoms with Crippen LogP contribution < -0.4 is 11.1 Å². The van der Waals surface area contributed by atoms with Gasteiger partial charge in [0, 0.05) is 6.42 Å². The summed E-state index contributed by atoms with van der Waals surface area (Å²) < 4.78 is 12.3. The van der Waals surface area contributed by atoms with Gasteiger partial charge in [-0.05, 0) is 6.92 Å². The number of aliphatic imine (C=N–C) groups is 1. The molecule has 0 aromatic carbocycles. The van der Waals surface area contributed by atoms with Gasteiger partial charge in [0.05, 0.1) is 32.1 Å². The molecule has 120 valence electrons. The van der Waals surface area contributed by atoms with E-state index in [1.807, 2.05) is 6.92 Å². The molecule has 9 heteroatoms. The van der Waals surface area contributed by atoms with Gasteiger partial charge in [0.25, 0.3) is 0 Å². The third-order valence-corrected chi connectivity index (χ3v) is 3.96. The van der Waals surface area contributed by atoms with E-state index in [-0.39, 0.29) is 6.61 Å². The second-order valence-corrected chi connectivity index (χ2v) is 5.35. The first-order valence-electron chi connectivity index (χ1n) is 7.03. The molecule has 0 bridgehead atoms. The normalized spacial score (nSPS) is 30.5. The fraction of sp³-hybridized carbons (Fsp3) is 0.615. The molecular formula is C13H19N5O4. The number of nitrogens with one attached hydrogen (secondary N) is 1. The number of methoxy groups -OCH3 is 1. The van der Waals surface area contributed by atoms with E-state index in [4.69, 9.17) is 15.2 Å². The molecule has 3 heterocycles. The highest BCUT2D eigenvalue weighted by Gasteiger charge is 2.42.